The van der Waals surface area contributed by atoms with Crippen molar-refractivity contribution in [3.63, 3.8) is 0 Å². The van der Waals surface area contributed by atoms with Crippen LogP contribution in [0.3, 0.4) is 0 Å². The molecule has 4 heteroatoms. The van der Waals surface area contributed by atoms with Gasteiger partial charge < -0.3 is 9.32 Å². The van der Waals surface area contributed by atoms with E-state index in [0.29, 0.717) is 0 Å². The molecule has 0 amide bonds. The maximum Gasteiger partial charge on any atom is 0.137 e. The van der Waals surface area contributed by atoms with Crippen LogP contribution in [0.15, 0.2) is 168 Å². The zero-order valence-corrected chi connectivity index (χ0v) is 25.8. The molecule has 0 spiro atoms. The molecule has 0 aliphatic carbocycles. The molecule has 11 aromatic rings. The van der Waals surface area contributed by atoms with E-state index in [1.807, 2.05) is 6.07 Å². The minimum absolute atomic E-state index is 0.876. The van der Waals surface area contributed by atoms with Crippen molar-refractivity contribution in [2.75, 3.05) is 4.90 Å². The Balaban J connectivity index is 1.28. The van der Waals surface area contributed by atoms with Crippen molar-refractivity contribution in [3.8, 4) is 11.1 Å². The summed E-state index contributed by atoms with van der Waals surface area (Å²) < 4.78 is 11.3. The molecule has 224 valence electrons. The van der Waals surface area contributed by atoms with Crippen LogP contribution in [0.1, 0.15) is 0 Å². The Bertz CT molecular complexity index is 2990. The molecule has 7 aromatic carbocycles. The first kappa shape index (κ1) is 25.6. The van der Waals surface area contributed by atoms with Gasteiger partial charge in [-0.2, -0.15) is 0 Å². The van der Waals surface area contributed by atoms with Crippen LogP contribution in [-0.4, -0.2) is 8.80 Å². The summed E-state index contributed by atoms with van der Waals surface area (Å²) >= 11 is 0. The van der Waals surface area contributed by atoms with Gasteiger partial charge in [0.1, 0.15) is 16.8 Å². The molecule has 48 heavy (non-hydrogen) atoms. The van der Waals surface area contributed by atoms with E-state index in [2.05, 4.69) is 171 Å². The van der Waals surface area contributed by atoms with Crippen LogP contribution >= 0.6 is 0 Å². The highest BCUT2D eigenvalue weighted by atomic mass is 16.3. The summed E-state index contributed by atoms with van der Waals surface area (Å²) in [5.41, 5.74) is 13.5. The molecular weight excluding hydrogens is 587 g/mol. The number of imidazole rings is 1. The van der Waals surface area contributed by atoms with Gasteiger partial charge in [-0.15, -0.1) is 0 Å². The molecule has 0 radical (unpaired) electrons. The fourth-order valence-electron chi connectivity index (χ4n) is 8.07. The number of aromatic nitrogens is 2. The molecule has 11 rings (SSSR count). The number of benzene rings is 7. The minimum atomic E-state index is 0.876. The Morgan fingerprint density at radius 1 is 0.375 bits per heavy atom. The molecule has 4 aromatic heterocycles. The quantitative estimate of drug-likeness (QED) is 0.197. The molecule has 0 aliphatic heterocycles. The Morgan fingerprint density at radius 2 is 0.938 bits per heavy atom. The zero-order chi connectivity index (χ0) is 31.3. The highest BCUT2D eigenvalue weighted by Gasteiger charge is 2.27. The summed E-state index contributed by atoms with van der Waals surface area (Å²) in [7, 11) is 0. The lowest BCUT2D eigenvalue weighted by molar-refractivity contribution is 0.669. The summed E-state index contributed by atoms with van der Waals surface area (Å²) in [6.45, 7) is 0. The third kappa shape index (κ3) is 3.33. The van der Waals surface area contributed by atoms with E-state index in [1.165, 1.54) is 55.0 Å². The van der Waals surface area contributed by atoms with Crippen molar-refractivity contribution >= 4 is 82.9 Å². The average Bonchev–Trinajstić information content (AvgIpc) is 3.88. The normalized spacial score (nSPS) is 12.2. The maximum absolute atomic E-state index is 6.43. The van der Waals surface area contributed by atoms with Crippen molar-refractivity contribution < 1.29 is 4.42 Å². The van der Waals surface area contributed by atoms with E-state index in [0.717, 1.165) is 39.0 Å². The molecule has 0 unspecified atom stereocenters. The number of hydrogen-bond acceptors (Lipinski definition) is 2. The molecule has 0 saturated carbocycles. The lowest BCUT2D eigenvalue weighted by atomic mass is 10.0. The van der Waals surface area contributed by atoms with Crippen LogP contribution in [0.25, 0.3) is 76.9 Å². The number of para-hydroxylation sites is 4. The molecule has 4 nitrogen and oxygen atoms in total. The van der Waals surface area contributed by atoms with Gasteiger partial charge in [-0.25, -0.2) is 0 Å². The van der Waals surface area contributed by atoms with Crippen molar-refractivity contribution in [1.29, 1.82) is 0 Å². The van der Waals surface area contributed by atoms with E-state index < -0.39 is 0 Å². The predicted octanol–water partition coefficient (Wildman–Crippen LogP) is 12.1. The van der Waals surface area contributed by atoms with Crippen molar-refractivity contribution in [2.24, 2.45) is 0 Å². The Hall–Kier alpha value is -6.52. The van der Waals surface area contributed by atoms with Crippen LogP contribution in [0, 0.1) is 0 Å². The van der Waals surface area contributed by atoms with Crippen molar-refractivity contribution in [2.45, 2.75) is 0 Å². The molecule has 0 aliphatic rings. The largest absolute Gasteiger partial charge is 0.456 e. The van der Waals surface area contributed by atoms with Crippen LogP contribution in [0.4, 0.5) is 17.1 Å². The summed E-state index contributed by atoms with van der Waals surface area (Å²) in [4.78, 5) is 2.44. The SMILES string of the molecule is c1ccc(-c2ccc(N(c3cccc4oc5ccccc5c34)c3cccc4c3c3c5ccccc5n5c6ccccc6n4c35)cc2)cc1. The third-order valence-corrected chi connectivity index (χ3v) is 10.0. The highest BCUT2D eigenvalue weighted by Crippen LogP contribution is 2.49. The van der Waals surface area contributed by atoms with Gasteiger partial charge in [-0.05, 0) is 71.8 Å². The monoisotopic (exact) mass is 613 g/mol. The first-order chi connectivity index (χ1) is 23.8. The van der Waals surface area contributed by atoms with Gasteiger partial charge in [0.25, 0.3) is 0 Å². The molecule has 0 N–H and O–H groups in total. The van der Waals surface area contributed by atoms with Gasteiger partial charge in [-0.3, -0.25) is 8.80 Å². The first-order valence-corrected chi connectivity index (χ1v) is 16.4. The van der Waals surface area contributed by atoms with Gasteiger partial charge in [0.05, 0.1) is 38.8 Å². The first-order valence-electron chi connectivity index (χ1n) is 16.4. The Morgan fingerprint density at radius 3 is 1.73 bits per heavy atom. The molecule has 0 atom stereocenters. The standard InChI is InChI=1S/C44H27N3O/c1-2-12-28(13-3-1)29-24-26-30(27-25-29)45(36-21-11-23-40-41(36)32-15-5-9-22-39(32)48-40)37-19-10-20-38-43(37)42-31-14-4-6-16-33(31)46-34-17-7-8-18-35(34)47(38)44(42)46/h1-27H. The second-order valence-corrected chi connectivity index (χ2v) is 12.5. The van der Waals surface area contributed by atoms with Crippen molar-refractivity contribution in [1.82, 2.24) is 8.80 Å². The Labute approximate surface area is 275 Å². The van der Waals surface area contributed by atoms with Gasteiger partial charge in [0.15, 0.2) is 0 Å². The van der Waals surface area contributed by atoms with E-state index >= 15 is 0 Å². The van der Waals surface area contributed by atoms with E-state index in [4.69, 9.17) is 4.42 Å². The van der Waals surface area contributed by atoms with Gasteiger partial charge in [-0.1, -0.05) is 103 Å². The lowest BCUT2D eigenvalue weighted by Gasteiger charge is -2.27. The zero-order valence-electron chi connectivity index (χ0n) is 25.8. The van der Waals surface area contributed by atoms with Gasteiger partial charge >= 0.3 is 0 Å². The van der Waals surface area contributed by atoms with Crippen LogP contribution in [-0.2, 0) is 0 Å². The molecule has 4 heterocycles. The number of fused-ring (bicyclic) bond motifs is 12. The molecular formula is C44H27N3O. The number of hydrogen-bond donors (Lipinski definition) is 0. The molecule has 0 saturated heterocycles. The summed E-state index contributed by atoms with van der Waals surface area (Å²) in [5.74, 6) is 0. The average molecular weight is 614 g/mol. The van der Waals surface area contributed by atoms with E-state index in [-0.39, 0.29) is 0 Å². The fourth-order valence-corrected chi connectivity index (χ4v) is 8.07. The third-order valence-electron chi connectivity index (χ3n) is 10.0. The van der Waals surface area contributed by atoms with Crippen LogP contribution in [0.2, 0.25) is 0 Å². The maximum atomic E-state index is 6.43. The van der Waals surface area contributed by atoms with Gasteiger partial charge in [0.2, 0.25) is 0 Å². The van der Waals surface area contributed by atoms with Gasteiger partial charge in [0, 0.05) is 27.2 Å². The number of anilines is 3. The molecule has 0 fully saturated rings. The summed E-state index contributed by atoms with van der Waals surface area (Å²) in [5, 5.41) is 5.96. The minimum Gasteiger partial charge on any atom is -0.456 e. The highest BCUT2D eigenvalue weighted by molar-refractivity contribution is 6.28. The second kappa shape index (κ2) is 9.50. The number of furan rings is 1. The smallest absolute Gasteiger partial charge is 0.137 e. The van der Waals surface area contributed by atoms with E-state index in [1.54, 1.807) is 0 Å². The molecule has 0 bridgehead atoms. The summed E-state index contributed by atoms with van der Waals surface area (Å²) in [6.07, 6.45) is 0. The van der Waals surface area contributed by atoms with E-state index in [9.17, 15) is 0 Å². The number of rotatable bonds is 4. The summed E-state index contributed by atoms with van der Waals surface area (Å²) in [6, 6.07) is 58.6. The van der Waals surface area contributed by atoms with Crippen molar-refractivity contribution in [3.05, 3.63) is 164 Å². The lowest BCUT2D eigenvalue weighted by Crippen LogP contribution is -2.10. The van der Waals surface area contributed by atoms with Crippen LogP contribution in [0.5, 0.6) is 0 Å². The Kier molecular flexibility index (Phi) is 5.08. The fraction of sp³-hybridized carbons (Fsp3) is 0. The second-order valence-electron chi connectivity index (χ2n) is 12.5. The van der Waals surface area contributed by atoms with Crippen LogP contribution < -0.4 is 4.90 Å². The predicted molar refractivity (Wildman–Crippen MR) is 199 cm³/mol. The topological polar surface area (TPSA) is 25.2 Å². The number of nitrogens with zero attached hydrogens (tertiary/aromatic N) is 3.